The van der Waals surface area contributed by atoms with Crippen molar-refractivity contribution < 1.29 is 14.3 Å². The Hall–Kier alpha value is -1.55. The van der Waals surface area contributed by atoms with E-state index >= 15 is 0 Å². The second-order valence-corrected chi connectivity index (χ2v) is 4.18. The number of methoxy groups -OCH3 is 2. The van der Waals surface area contributed by atoms with Crippen molar-refractivity contribution >= 4 is 5.78 Å². The minimum Gasteiger partial charge on any atom is -0.493 e. The topological polar surface area (TPSA) is 38.8 Å². The fourth-order valence-corrected chi connectivity index (χ4v) is 2.34. The van der Waals surface area contributed by atoms with E-state index in [4.69, 9.17) is 9.47 Å². The van der Waals surface area contributed by atoms with Crippen LogP contribution in [0.3, 0.4) is 0 Å². The van der Waals surface area contributed by atoms with Crippen LogP contribution in [0.25, 0.3) is 0 Å². The first-order chi connectivity index (χ1) is 8.19. The molecule has 1 saturated heterocycles. The van der Waals surface area contributed by atoms with Crippen molar-refractivity contribution in [1.29, 1.82) is 0 Å². The van der Waals surface area contributed by atoms with Gasteiger partial charge in [0.2, 0.25) is 0 Å². The number of likely N-dealkylation sites (N-methyl/N-ethyl adjacent to an activating group) is 1. The number of carbonyl (C=O) groups is 1. The summed E-state index contributed by atoms with van der Waals surface area (Å²) in [6.07, 6.45) is 0.599. The maximum absolute atomic E-state index is 11.9. The number of ether oxygens (including phenoxy) is 2. The van der Waals surface area contributed by atoms with Crippen molar-refractivity contribution in [3.8, 4) is 11.5 Å². The van der Waals surface area contributed by atoms with E-state index in [1.165, 1.54) is 0 Å². The van der Waals surface area contributed by atoms with Crippen LogP contribution in [0.4, 0.5) is 0 Å². The van der Waals surface area contributed by atoms with Crippen molar-refractivity contribution in [3.05, 3.63) is 23.8 Å². The average molecular weight is 235 g/mol. The Morgan fingerprint density at radius 2 is 2.06 bits per heavy atom. The standard InChI is InChI=1S/C13H17NO3/c1-14-8-7-10(15)12(14)9-5-4-6-11(16-2)13(9)17-3/h4-6,12H,7-8H2,1-3H3. The molecule has 2 rings (SSSR count). The summed E-state index contributed by atoms with van der Waals surface area (Å²) in [5.41, 5.74) is 0.886. The van der Waals surface area contributed by atoms with Crippen LogP contribution in [-0.2, 0) is 4.79 Å². The lowest BCUT2D eigenvalue weighted by atomic mass is 10.0. The van der Waals surface area contributed by atoms with Crippen LogP contribution in [0, 0.1) is 0 Å². The van der Waals surface area contributed by atoms with Crippen molar-refractivity contribution in [2.24, 2.45) is 0 Å². The number of likely N-dealkylation sites (tertiary alicyclic amines) is 1. The molecule has 0 N–H and O–H groups in total. The molecule has 4 heteroatoms. The molecule has 4 nitrogen and oxygen atoms in total. The molecule has 0 amide bonds. The van der Waals surface area contributed by atoms with Gasteiger partial charge in [-0.15, -0.1) is 0 Å². The van der Waals surface area contributed by atoms with Crippen molar-refractivity contribution in [3.63, 3.8) is 0 Å². The third kappa shape index (κ3) is 2.00. The molecule has 0 bridgehead atoms. The zero-order valence-electron chi connectivity index (χ0n) is 10.4. The summed E-state index contributed by atoms with van der Waals surface area (Å²) in [6, 6.07) is 5.43. The SMILES string of the molecule is COc1cccc(C2C(=O)CCN2C)c1OC. The Morgan fingerprint density at radius 3 is 2.59 bits per heavy atom. The number of ketones is 1. The van der Waals surface area contributed by atoms with Crippen molar-refractivity contribution in [2.75, 3.05) is 27.8 Å². The molecule has 0 radical (unpaired) electrons. The molecule has 92 valence electrons. The Kier molecular flexibility index (Phi) is 3.33. The number of para-hydroxylation sites is 1. The molecular weight excluding hydrogens is 218 g/mol. The molecule has 1 atom stereocenters. The zero-order chi connectivity index (χ0) is 12.4. The highest BCUT2D eigenvalue weighted by Crippen LogP contribution is 2.39. The van der Waals surface area contributed by atoms with Gasteiger partial charge in [0.15, 0.2) is 17.3 Å². The largest absolute Gasteiger partial charge is 0.493 e. The third-order valence-corrected chi connectivity index (χ3v) is 3.18. The Labute approximate surface area is 101 Å². The molecule has 1 unspecified atom stereocenters. The maximum atomic E-state index is 11.9. The second kappa shape index (κ2) is 4.75. The highest BCUT2D eigenvalue weighted by molar-refractivity contribution is 5.88. The Bertz CT molecular complexity index is 431. The van der Waals surface area contributed by atoms with Crippen LogP contribution in [0.15, 0.2) is 18.2 Å². The van der Waals surface area contributed by atoms with Crippen LogP contribution in [0.2, 0.25) is 0 Å². The van der Waals surface area contributed by atoms with E-state index in [9.17, 15) is 4.79 Å². The van der Waals surface area contributed by atoms with Gasteiger partial charge in [0, 0.05) is 18.5 Å². The number of hydrogen-bond donors (Lipinski definition) is 0. The van der Waals surface area contributed by atoms with Gasteiger partial charge in [-0.1, -0.05) is 12.1 Å². The molecule has 0 aliphatic carbocycles. The summed E-state index contributed by atoms with van der Waals surface area (Å²) in [5, 5.41) is 0. The molecule has 0 aromatic heterocycles. The molecule has 1 aromatic carbocycles. The third-order valence-electron chi connectivity index (χ3n) is 3.18. The zero-order valence-corrected chi connectivity index (χ0v) is 10.4. The first-order valence-electron chi connectivity index (χ1n) is 5.63. The van der Waals surface area contributed by atoms with Crippen LogP contribution < -0.4 is 9.47 Å². The van der Waals surface area contributed by atoms with Crippen LogP contribution in [-0.4, -0.2) is 38.5 Å². The number of benzene rings is 1. The summed E-state index contributed by atoms with van der Waals surface area (Å²) >= 11 is 0. The fraction of sp³-hybridized carbons (Fsp3) is 0.462. The lowest BCUT2D eigenvalue weighted by Gasteiger charge is -2.21. The number of rotatable bonds is 3. The lowest BCUT2D eigenvalue weighted by Crippen LogP contribution is -2.21. The van der Waals surface area contributed by atoms with E-state index in [0.29, 0.717) is 17.9 Å². The maximum Gasteiger partial charge on any atom is 0.165 e. The Morgan fingerprint density at radius 1 is 1.29 bits per heavy atom. The van der Waals surface area contributed by atoms with Gasteiger partial charge < -0.3 is 9.47 Å². The van der Waals surface area contributed by atoms with Gasteiger partial charge in [-0.3, -0.25) is 9.69 Å². The lowest BCUT2D eigenvalue weighted by molar-refractivity contribution is -0.119. The van der Waals surface area contributed by atoms with Gasteiger partial charge in [0.25, 0.3) is 0 Å². The van der Waals surface area contributed by atoms with Crippen LogP contribution in [0.5, 0.6) is 11.5 Å². The van der Waals surface area contributed by atoms with Gasteiger partial charge >= 0.3 is 0 Å². The molecule has 0 spiro atoms. The number of nitrogens with zero attached hydrogens (tertiary/aromatic N) is 1. The van der Waals surface area contributed by atoms with Gasteiger partial charge in [-0.05, 0) is 13.1 Å². The van der Waals surface area contributed by atoms with Gasteiger partial charge in [0.1, 0.15) is 0 Å². The first kappa shape index (κ1) is 11.9. The minimum atomic E-state index is -0.208. The van der Waals surface area contributed by atoms with E-state index in [1.54, 1.807) is 14.2 Å². The number of Topliss-reactive ketones (excluding diaryl/α,β-unsaturated/α-hetero) is 1. The first-order valence-corrected chi connectivity index (χ1v) is 5.63. The van der Waals surface area contributed by atoms with E-state index in [-0.39, 0.29) is 11.8 Å². The van der Waals surface area contributed by atoms with Crippen LogP contribution in [0.1, 0.15) is 18.0 Å². The Balaban J connectivity index is 2.47. The van der Waals surface area contributed by atoms with Crippen molar-refractivity contribution in [1.82, 2.24) is 4.90 Å². The summed E-state index contributed by atoms with van der Waals surface area (Å²) in [5.74, 6) is 1.55. The molecule has 17 heavy (non-hydrogen) atoms. The summed E-state index contributed by atoms with van der Waals surface area (Å²) in [4.78, 5) is 14.0. The van der Waals surface area contributed by atoms with Crippen molar-refractivity contribution in [2.45, 2.75) is 12.5 Å². The molecule has 1 aliphatic heterocycles. The molecular formula is C13H17NO3. The summed E-state index contributed by atoms with van der Waals surface area (Å²) in [7, 11) is 5.15. The second-order valence-electron chi connectivity index (χ2n) is 4.18. The monoisotopic (exact) mass is 235 g/mol. The smallest absolute Gasteiger partial charge is 0.165 e. The molecule has 1 heterocycles. The minimum absolute atomic E-state index is 0.208. The summed E-state index contributed by atoms with van der Waals surface area (Å²) in [6.45, 7) is 0.796. The molecule has 0 saturated carbocycles. The highest BCUT2D eigenvalue weighted by atomic mass is 16.5. The van der Waals surface area contributed by atoms with E-state index in [0.717, 1.165) is 12.1 Å². The number of carbonyl (C=O) groups excluding carboxylic acids is 1. The average Bonchev–Trinajstić information content (AvgIpc) is 2.68. The van der Waals surface area contributed by atoms with Gasteiger partial charge in [0.05, 0.1) is 20.3 Å². The normalized spacial score (nSPS) is 20.6. The predicted molar refractivity (Wildman–Crippen MR) is 64.5 cm³/mol. The highest BCUT2D eigenvalue weighted by Gasteiger charge is 2.33. The fourth-order valence-electron chi connectivity index (χ4n) is 2.34. The molecule has 1 fully saturated rings. The van der Waals surface area contributed by atoms with E-state index < -0.39 is 0 Å². The summed E-state index contributed by atoms with van der Waals surface area (Å²) < 4.78 is 10.6. The van der Waals surface area contributed by atoms with Gasteiger partial charge in [-0.25, -0.2) is 0 Å². The molecule has 1 aromatic rings. The molecule has 1 aliphatic rings. The van der Waals surface area contributed by atoms with E-state index in [2.05, 4.69) is 0 Å². The number of hydrogen-bond acceptors (Lipinski definition) is 4. The quantitative estimate of drug-likeness (QED) is 0.798. The predicted octanol–water partition coefficient (Wildman–Crippen LogP) is 1.65. The van der Waals surface area contributed by atoms with Gasteiger partial charge in [-0.2, -0.15) is 0 Å². The van der Waals surface area contributed by atoms with Crippen LogP contribution >= 0.6 is 0 Å². The van der Waals surface area contributed by atoms with E-state index in [1.807, 2.05) is 30.1 Å².